The van der Waals surface area contributed by atoms with Crippen LogP contribution in [0.25, 0.3) is 0 Å². The normalized spacial score (nSPS) is 16.4. The molecule has 1 aromatic carbocycles. The number of carboxylic acids is 1. The van der Waals surface area contributed by atoms with Crippen LogP contribution in [-0.4, -0.2) is 42.2 Å². The van der Waals surface area contributed by atoms with Gasteiger partial charge in [-0.05, 0) is 31.4 Å². The standard InChI is InChI=1S/C15H22N2O2/c1-11(15(18)19)17(13-8-9-13)10-12-6-4-5-7-14(12)16(2)3/h4-7,11,13H,8-10H2,1-3H3,(H,18,19). The lowest BCUT2D eigenvalue weighted by Gasteiger charge is -2.28. The molecule has 0 saturated heterocycles. The average Bonchev–Trinajstić information content (AvgIpc) is 3.19. The maximum absolute atomic E-state index is 11.2. The van der Waals surface area contributed by atoms with E-state index in [0.29, 0.717) is 12.6 Å². The number of para-hydroxylation sites is 1. The number of benzene rings is 1. The zero-order valence-corrected chi connectivity index (χ0v) is 11.8. The van der Waals surface area contributed by atoms with E-state index >= 15 is 0 Å². The monoisotopic (exact) mass is 262 g/mol. The molecule has 4 nitrogen and oxygen atoms in total. The molecular weight excluding hydrogens is 240 g/mol. The number of hydrogen-bond donors (Lipinski definition) is 1. The van der Waals surface area contributed by atoms with Crippen molar-refractivity contribution in [1.82, 2.24) is 4.90 Å². The molecule has 0 bridgehead atoms. The summed E-state index contributed by atoms with van der Waals surface area (Å²) < 4.78 is 0. The van der Waals surface area contributed by atoms with Gasteiger partial charge in [0, 0.05) is 32.4 Å². The van der Waals surface area contributed by atoms with Crippen LogP contribution in [-0.2, 0) is 11.3 Å². The fourth-order valence-corrected chi connectivity index (χ4v) is 2.41. The van der Waals surface area contributed by atoms with Crippen LogP contribution in [0.2, 0.25) is 0 Å². The van der Waals surface area contributed by atoms with Gasteiger partial charge in [-0.1, -0.05) is 18.2 Å². The summed E-state index contributed by atoms with van der Waals surface area (Å²) in [5.41, 5.74) is 2.35. The van der Waals surface area contributed by atoms with Gasteiger partial charge in [0.25, 0.3) is 0 Å². The molecular formula is C15H22N2O2. The predicted molar refractivity (Wildman–Crippen MR) is 76.4 cm³/mol. The second kappa shape index (κ2) is 5.61. The minimum Gasteiger partial charge on any atom is -0.480 e. The molecule has 0 heterocycles. The average molecular weight is 262 g/mol. The van der Waals surface area contributed by atoms with Crippen molar-refractivity contribution in [3.8, 4) is 0 Å². The van der Waals surface area contributed by atoms with Crippen molar-refractivity contribution in [2.45, 2.75) is 38.4 Å². The molecule has 0 amide bonds. The molecule has 1 fully saturated rings. The molecule has 0 aliphatic heterocycles. The highest BCUT2D eigenvalue weighted by Gasteiger charge is 2.35. The lowest BCUT2D eigenvalue weighted by Crippen LogP contribution is -2.40. The van der Waals surface area contributed by atoms with E-state index in [1.165, 1.54) is 5.56 Å². The van der Waals surface area contributed by atoms with Crippen molar-refractivity contribution in [2.24, 2.45) is 0 Å². The summed E-state index contributed by atoms with van der Waals surface area (Å²) in [7, 11) is 4.03. The Morgan fingerprint density at radius 3 is 2.53 bits per heavy atom. The van der Waals surface area contributed by atoms with Gasteiger partial charge in [-0.2, -0.15) is 0 Å². The van der Waals surface area contributed by atoms with Gasteiger partial charge in [0.1, 0.15) is 6.04 Å². The molecule has 1 unspecified atom stereocenters. The van der Waals surface area contributed by atoms with Gasteiger partial charge in [0.2, 0.25) is 0 Å². The SMILES string of the molecule is CC(C(=O)O)N(Cc1ccccc1N(C)C)C1CC1. The molecule has 0 aromatic heterocycles. The van der Waals surface area contributed by atoms with E-state index in [4.69, 9.17) is 0 Å². The van der Waals surface area contributed by atoms with Crippen molar-refractivity contribution < 1.29 is 9.90 Å². The first-order chi connectivity index (χ1) is 9.00. The van der Waals surface area contributed by atoms with Crippen molar-refractivity contribution in [3.05, 3.63) is 29.8 Å². The summed E-state index contributed by atoms with van der Waals surface area (Å²) in [5, 5.41) is 9.23. The largest absolute Gasteiger partial charge is 0.480 e. The highest BCUT2D eigenvalue weighted by Crippen LogP contribution is 2.32. The number of hydrogen-bond acceptors (Lipinski definition) is 3. The highest BCUT2D eigenvalue weighted by molar-refractivity contribution is 5.73. The van der Waals surface area contributed by atoms with Gasteiger partial charge in [-0.15, -0.1) is 0 Å². The Morgan fingerprint density at radius 2 is 2.00 bits per heavy atom. The van der Waals surface area contributed by atoms with E-state index in [1.54, 1.807) is 6.92 Å². The highest BCUT2D eigenvalue weighted by atomic mass is 16.4. The molecule has 2 rings (SSSR count). The molecule has 1 aromatic rings. The molecule has 0 radical (unpaired) electrons. The number of anilines is 1. The number of carboxylic acid groups (broad SMARTS) is 1. The number of aliphatic carboxylic acids is 1. The van der Waals surface area contributed by atoms with Gasteiger partial charge in [0.15, 0.2) is 0 Å². The molecule has 1 N–H and O–H groups in total. The number of rotatable bonds is 6. The molecule has 1 atom stereocenters. The van der Waals surface area contributed by atoms with E-state index < -0.39 is 12.0 Å². The van der Waals surface area contributed by atoms with Crippen molar-refractivity contribution >= 4 is 11.7 Å². The van der Waals surface area contributed by atoms with Gasteiger partial charge in [-0.3, -0.25) is 9.69 Å². The van der Waals surface area contributed by atoms with Gasteiger partial charge in [-0.25, -0.2) is 0 Å². The minimum absolute atomic E-state index is 0.428. The van der Waals surface area contributed by atoms with Crippen molar-refractivity contribution in [1.29, 1.82) is 0 Å². The molecule has 4 heteroatoms. The molecule has 19 heavy (non-hydrogen) atoms. The summed E-state index contributed by atoms with van der Waals surface area (Å²) in [6.45, 7) is 2.48. The first-order valence-corrected chi connectivity index (χ1v) is 6.74. The third-order valence-electron chi connectivity index (χ3n) is 3.70. The summed E-state index contributed by atoms with van der Waals surface area (Å²) in [5.74, 6) is -0.741. The van der Waals surface area contributed by atoms with Crippen LogP contribution in [0, 0.1) is 0 Å². The maximum Gasteiger partial charge on any atom is 0.320 e. The summed E-state index contributed by atoms with van der Waals surface area (Å²) in [4.78, 5) is 15.4. The smallest absolute Gasteiger partial charge is 0.320 e. The Morgan fingerprint density at radius 1 is 1.37 bits per heavy atom. The molecule has 1 saturated carbocycles. The number of nitrogens with zero attached hydrogens (tertiary/aromatic N) is 2. The minimum atomic E-state index is -0.741. The Hall–Kier alpha value is -1.55. The number of carbonyl (C=O) groups is 1. The molecule has 1 aliphatic rings. The lowest BCUT2D eigenvalue weighted by atomic mass is 10.1. The third-order valence-corrected chi connectivity index (χ3v) is 3.70. The zero-order valence-electron chi connectivity index (χ0n) is 11.8. The Labute approximate surface area is 114 Å². The van der Waals surface area contributed by atoms with Crippen LogP contribution in [0.4, 0.5) is 5.69 Å². The quantitative estimate of drug-likeness (QED) is 0.853. The van der Waals surface area contributed by atoms with Crippen LogP contribution in [0.1, 0.15) is 25.3 Å². The second-order valence-electron chi connectivity index (χ2n) is 5.44. The van der Waals surface area contributed by atoms with E-state index in [9.17, 15) is 9.90 Å². The second-order valence-corrected chi connectivity index (χ2v) is 5.44. The predicted octanol–water partition coefficient (Wildman–Crippen LogP) is 2.19. The third kappa shape index (κ3) is 3.26. The van der Waals surface area contributed by atoms with Gasteiger partial charge < -0.3 is 10.0 Å². The van der Waals surface area contributed by atoms with Gasteiger partial charge >= 0.3 is 5.97 Å². The first kappa shape index (κ1) is 13.9. The summed E-state index contributed by atoms with van der Waals surface area (Å²) in [6, 6.07) is 8.19. The zero-order chi connectivity index (χ0) is 14.0. The Kier molecular flexibility index (Phi) is 4.10. The first-order valence-electron chi connectivity index (χ1n) is 6.74. The molecule has 1 aliphatic carbocycles. The fourth-order valence-electron chi connectivity index (χ4n) is 2.41. The van der Waals surface area contributed by atoms with Crippen molar-refractivity contribution in [3.63, 3.8) is 0 Å². The van der Waals surface area contributed by atoms with Crippen LogP contribution < -0.4 is 4.90 Å². The van der Waals surface area contributed by atoms with Crippen LogP contribution >= 0.6 is 0 Å². The van der Waals surface area contributed by atoms with Gasteiger partial charge in [0.05, 0.1) is 0 Å². The lowest BCUT2D eigenvalue weighted by molar-refractivity contribution is -0.143. The fraction of sp³-hybridized carbons (Fsp3) is 0.533. The van der Waals surface area contributed by atoms with Crippen LogP contribution in [0.5, 0.6) is 0 Å². The van der Waals surface area contributed by atoms with E-state index in [0.717, 1.165) is 18.5 Å². The molecule has 104 valence electrons. The van der Waals surface area contributed by atoms with Crippen LogP contribution in [0.15, 0.2) is 24.3 Å². The maximum atomic E-state index is 11.2. The van der Waals surface area contributed by atoms with Crippen LogP contribution in [0.3, 0.4) is 0 Å². The Bertz CT molecular complexity index is 455. The van der Waals surface area contributed by atoms with Crippen molar-refractivity contribution in [2.75, 3.05) is 19.0 Å². The van der Waals surface area contributed by atoms with E-state index in [2.05, 4.69) is 21.9 Å². The van der Waals surface area contributed by atoms with E-state index in [1.807, 2.05) is 26.2 Å². The van der Waals surface area contributed by atoms with E-state index in [-0.39, 0.29) is 0 Å². The summed E-state index contributed by atoms with van der Waals surface area (Å²) in [6.07, 6.45) is 2.23. The summed E-state index contributed by atoms with van der Waals surface area (Å²) >= 11 is 0. The topological polar surface area (TPSA) is 43.8 Å². The molecule has 0 spiro atoms. The Balaban J connectivity index is 2.20.